The van der Waals surface area contributed by atoms with E-state index in [1.807, 2.05) is 6.92 Å². The Bertz CT molecular complexity index is 276. The first kappa shape index (κ1) is 13.3. The van der Waals surface area contributed by atoms with Crippen LogP contribution in [0.1, 0.15) is 59.8 Å². The zero-order chi connectivity index (χ0) is 12.2. The quantitative estimate of drug-likeness (QED) is 0.535. The van der Waals surface area contributed by atoms with Gasteiger partial charge in [-0.2, -0.15) is 0 Å². The lowest BCUT2D eigenvalue weighted by molar-refractivity contribution is -0.145. The summed E-state index contributed by atoms with van der Waals surface area (Å²) in [5, 5.41) is 0. The molecule has 0 heterocycles. The highest BCUT2D eigenvalue weighted by molar-refractivity contribution is 5.66. The largest absolute Gasteiger partial charge is 0.463 e. The van der Waals surface area contributed by atoms with E-state index in [-0.39, 0.29) is 12.1 Å². The molecule has 0 aromatic heterocycles. The molecule has 92 valence electrons. The minimum absolute atomic E-state index is 0.0381. The summed E-state index contributed by atoms with van der Waals surface area (Å²) < 4.78 is 5.14. The third-order valence-electron chi connectivity index (χ3n) is 3.45. The molecule has 0 radical (unpaired) electrons. The molecule has 1 rings (SSSR count). The third-order valence-corrected chi connectivity index (χ3v) is 3.45. The second-order valence-corrected chi connectivity index (χ2v) is 5.46. The molecule has 0 N–H and O–H groups in total. The van der Waals surface area contributed by atoms with Gasteiger partial charge in [-0.15, -0.1) is 0 Å². The maximum atomic E-state index is 10.8. The number of esters is 1. The maximum absolute atomic E-state index is 10.8. The van der Waals surface area contributed by atoms with E-state index in [0.717, 1.165) is 12.8 Å². The molecule has 0 saturated carbocycles. The number of hydrogen-bond acceptors (Lipinski definition) is 2. The van der Waals surface area contributed by atoms with Gasteiger partial charge in [0.15, 0.2) is 0 Å². The highest BCUT2D eigenvalue weighted by Gasteiger charge is 2.25. The smallest absolute Gasteiger partial charge is 0.302 e. The molecule has 16 heavy (non-hydrogen) atoms. The maximum Gasteiger partial charge on any atom is 0.302 e. The molecule has 0 bridgehead atoms. The van der Waals surface area contributed by atoms with Gasteiger partial charge in [0.2, 0.25) is 0 Å². The zero-order valence-electron chi connectivity index (χ0n) is 11.0. The standard InChI is InChI=1S/C14H24O2/c1-11(16-12(2)15)8-9-13-7-5-6-10-14(13,3)4/h7,11H,5-6,8-10H2,1-4H3. The van der Waals surface area contributed by atoms with Crippen molar-refractivity contribution in [3.63, 3.8) is 0 Å². The van der Waals surface area contributed by atoms with Gasteiger partial charge in [-0.3, -0.25) is 4.79 Å². The van der Waals surface area contributed by atoms with Gasteiger partial charge in [-0.05, 0) is 44.4 Å². The van der Waals surface area contributed by atoms with Crippen LogP contribution in [0.15, 0.2) is 11.6 Å². The first-order valence-corrected chi connectivity index (χ1v) is 6.28. The van der Waals surface area contributed by atoms with E-state index in [4.69, 9.17) is 4.74 Å². The lowest BCUT2D eigenvalue weighted by atomic mass is 9.74. The number of carbonyl (C=O) groups is 1. The van der Waals surface area contributed by atoms with E-state index >= 15 is 0 Å². The summed E-state index contributed by atoms with van der Waals surface area (Å²) in [7, 11) is 0. The van der Waals surface area contributed by atoms with Crippen molar-refractivity contribution < 1.29 is 9.53 Å². The SMILES string of the molecule is CC(=O)OC(C)CCC1=CCCCC1(C)C. The van der Waals surface area contributed by atoms with Crippen LogP contribution >= 0.6 is 0 Å². The predicted octanol–water partition coefficient (Wildman–Crippen LogP) is 3.85. The molecule has 1 aliphatic rings. The van der Waals surface area contributed by atoms with Gasteiger partial charge in [0.05, 0.1) is 6.10 Å². The van der Waals surface area contributed by atoms with Crippen LogP contribution in [0.2, 0.25) is 0 Å². The summed E-state index contributed by atoms with van der Waals surface area (Å²) in [5.74, 6) is -0.176. The Kier molecular flexibility index (Phi) is 4.57. The van der Waals surface area contributed by atoms with Crippen LogP contribution < -0.4 is 0 Å². The van der Waals surface area contributed by atoms with E-state index in [9.17, 15) is 4.79 Å². The zero-order valence-corrected chi connectivity index (χ0v) is 11.0. The van der Waals surface area contributed by atoms with E-state index in [1.165, 1.54) is 31.8 Å². The molecule has 1 atom stereocenters. The molecule has 0 aromatic rings. The van der Waals surface area contributed by atoms with Gasteiger partial charge in [0.1, 0.15) is 0 Å². The van der Waals surface area contributed by atoms with Crippen molar-refractivity contribution in [3.8, 4) is 0 Å². The molecule has 0 aliphatic heterocycles. The van der Waals surface area contributed by atoms with Gasteiger partial charge in [-0.25, -0.2) is 0 Å². The van der Waals surface area contributed by atoms with Gasteiger partial charge >= 0.3 is 5.97 Å². The number of hydrogen-bond donors (Lipinski definition) is 0. The van der Waals surface area contributed by atoms with Crippen LogP contribution in [0.4, 0.5) is 0 Å². The Morgan fingerprint density at radius 3 is 2.81 bits per heavy atom. The predicted molar refractivity (Wildman–Crippen MR) is 66.2 cm³/mol. The van der Waals surface area contributed by atoms with Gasteiger partial charge in [-0.1, -0.05) is 25.5 Å². The van der Waals surface area contributed by atoms with Crippen LogP contribution in [0.3, 0.4) is 0 Å². The van der Waals surface area contributed by atoms with Gasteiger partial charge < -0.3 is 4.74 Å². The van der Waals surface area contributed by atoms with E-state index < -0.39 is 0 Å². The Morgan fingerprint density at radius 2 is 2.25 bits per heavy atom. The molecular weight excluding hydrogens is 200 g/mol. The Hall–Kier alpha value is -0.790. The van der Waals surface area contributed by atoms with Crippen molar-refractivity contribution in [2.45, 2.75) is 65.9 Å². The summed E-state index contributed by atoms with van der Waals surface area (Å²) in [6, 6.07) is 0. The van der Waals surface area contributed by atoms with Crippen molar-refractivity contribution in [2.75, 3.05) is 0 Å². The topological polar surface area (TPSA) is 26.3 Å². The first-order chi connectivity index (χ1) is 7.42. The minimum Gasteiger partial charge on any atom is -0.463 e. The van der Waals surface area contributed by atoms with Crippen LogP contribution in [0.5, 0.6) is 0 Å². The van der Waals surface area contributed by atoms with Crippen LogP contribution in [0, 0.1) is 5.41 Å². The molecule has 0 spiro atoms. The summed E-state index contributed by atoms with van der Waals surface area (Å²) in [5.41, 5.74) is 1.88. The lowest BCUT2D eigenvalue weighted by Crippen LogP contribution is -2.20. The number of ether oxygens (including phenoxy) is 1. The van der Waals surface area contributed by atoms with E-state index in [0.29, 0.717) is 5.41 Å². The molecule has 0 amide bonds. The Labute approximate surface area is 99.1 Å². The van der Waals surface area contributed by atoms with Crippen LogP contribution in [-0.4, -0.2) is 12.1 Å². The van der Waals surface area contributed by atoms with Crippen molar-refractivity contribution in [2.24, 2.45) is 5.41 Å². The second-order valence-electron chi connectivity index (χ2n) is 5.46. The number of carbonyl (C=O) groups excluding carboxylic acids is 1. The van der Waals surface area contributed by atoms with Crippen LogP contribution in [-0.2, 0) is 9.53 Å². The molecule has 0 aromatic carbocycles. The summed E-state index contributed by atoms with van der Waals surface area (Å²) in [4.78, 5) is 10.8. The fourth-order valence-corrected chi connectivity index (χ4v) is 2.40. The third kappa shape index (κ3) is 3.99. The van der Waals surface area contributed by atoms with Crippen LogP contribution in [0.25, 0.3) is 0 Å². The average Bonchev–Trinajstić information content (AvgIpc) is 2.14. The molecule has 2 heteroatoms. The normalized spacial score (nSPS) is 21.1. The Balaban J connectivity index is 2.42. The van der Waals surface area contributed by atoms with E-state index in [2.05, 4.69) is 19.9 Å². The number of allylic oxidation sites excluding steroid dienone is 2. The van der Waals surface area contributed by atoms with E-state index in [1.54, 1.807) is 0 Å². The number of rotatable bonds is 4. The molecule has 0 saturated heterocycles. The monoisotopic (exact) mass is 224 g/mol. The average molecular weight is 224 g/mol. The molecule has 2 nitrogen and oxygen atoms in total. The van der Waals surface area contributed by atoms with Crippen molar-refractivity contribution in [1.82, 2.24) is 0 Å². The van der Waals surface area contributed by atoms with Gasteiger partial charge in [0.25, 0.3) is 0 Å². The Morgan fingerprint density at radius 1 is 1.56 bits per heavy atom. The highest BCUT2D eigenvalue weighted by atomic mass is 16.5. The first-order valence-electron chi connectivity index (χ1n) is 6.28. The molecule has 1 aliphatic carbocycles. The summed E-state index contributed by atoms with van der Waals surface area (Å²) >= 11 is 0. The molecular formula is C14H24O2. The highest BCUT2D eigenvalue weighted by Crippen LogP contribution is 2.39. The fraction of sp³-hybridized carbons (Fsp3) is 0.786. The van der Waals surface area contributed by atoms with Crippen molar-refractivity contribution in [1.29, 1.82) is 0 Å². The second kappa shape index (κ2) is 5.51. The molecule has 0 fully saturated rings. The van der Waals surface area contributed by atoms with Crippen molar-refractivity contribution in [3.05, 3.63) is 11.6 Å². The summed E-state index contributed by atoms with van der Waals surface area (Å²) in [6.07, 6.45) is 8.20. The summed E-state index contributed by atoms with van der Waals surface area (Å²) in [6.45, 7) is 8.07. The lowest BCUT2D eigenvalue weighted by Gasteiger charge is -2.32. The van der Waals surface area contributed by atoms with Gasteiger partial charge in [0, 0.05) is 6.92 Å². The fourth-order valence-electron chi connectivity index (χ4n) is 2.40. The molecule has 1 unspecified atom stereocenters. The van der Waals surface area contributed by atoms with Crippen molar-refractivity contribution >= 4 is 5.97 Å². The minimum atomic E-state index is -0.176.